The Morgan fingerprint density at radius 1 is 0.955 bits per heavy atom. The number of esters is 2. The SMILES string of the molecule is CC[Si](CC)(CC)OCCc1c(C(C(=O)OC)(C(=O)OC)[C@H]2CC[C@@H](O)C=C2CO[Si](C)(C)C(C)(C)C)[nH]c2ccccc12. The molecule has 0 fully saturated rings. The molecule has 2 N–H and O–H groups in total. The number of methoxy groups -OCH3 is 2. The van der Waals surface area contributed by atoms with Gasteiger partial charge in [0, 0.05) is 29.1 Å². The molecule has 1 aromatic heterocycles. The molecule has 10 heteroatoms. The summed E-state index contributed by atoms with van der Waals surface area (Å²) >= 11 is 0. The molecule has 44 heavy (non-hydrogen) atoms. The highest BCUT2D eigenvalue weighted by Crippen LogP contribution is 2.47. The molecule has 0 amide bonds. The van der Waals surface area contributed by atoms with Crippen LogP contribution in [0.3, 0.4) is 0 Å². The lowest BCUT2D eigenvalue weighted by molar-refractivity contribution is -0.165. The van der Waals surface area contributed by atoms with Gasteiger partial charge in [0.25, 0.3) is 0 Å². The third-order valence-corrected chi connectivity index (χ3v) is 19.6. The van der Waals surface area contributed by atoms with Crippen LogP contribution in [0, 0.1) is 5.92 Å². The number of H-pyrrole nitrogens is 1. The van der Waals surface area contributed by atoms with Crippen LogP contribution in [0.1, 0.15) is 65.6 Å². The maximum atomic E-state index is 14.2. The van der Waals surface area contributed by atoms with Crippen molar-refractivity contribution in [2.75, 3.05) is 27.4 Å². The van der Waals surface area contributed by atoms with Gasteiger partial charge in [0.15, 0.2) is 16.6 Å². The molecule has 0 bridgehead atoms. The Morgan fingerprint density at radius 3 is 2.09 bits per heavy atom. The number of para-hydroxylation sites is 1. The highest BCUT2D eigenvalue weighted by molar-refractivity contribution is 6.74. The minimum atomic E-state index is -2.21. The second-order valence-corrected chi connectivity index (χ2v) is 23.2. The van der Waals surface area contributed by atoms with E-state index in [0.717, 1.165) is 34.6 Å². The van der Waals surface area contributed by atoms with Crippen molar-refractivity contribution in [1.82, 2.24) is 4.98 Å². The van der Waals surface area contributed by atoms with Crippen LogP contribution in [-0.2, 0) is 39.8 Å². The molecule has 0 aliphatic heterocycles. The molecule has 1 aliphatic rings. The lowest BCUT2D eigenvalue weighted by Gasteiger charge is -2.42. The number of hydrogen-bond acceptors (Lipinski definition) is 7. The van der Waals surface area contributed by atoms with Crippen molar-refractivity contribution >= 4 is 39.5 Å². The van der Waals surface area contributed by atoms with E-state index < -0.39 is 46.0 Å². The van der Waals surface area contributed by atoms with Crippen LogP contribution in [0.25, 0.3) is 10.9 Å². The number of aliphatic hydroxyl groups excluding tert-OH is 1. The summed E-state index contributed by atoms with van der Waals surface area (Å²) in [7, 11) is -1.47. The summed E-state index contributed by atoms with van der Waals surface area (Å²) in [6, 6.07) is 10.9. The summed E-state index contributed by atoms with van der Waals surface area (Å²) in [6.45, 7) is 18.1. The largest absolute Gasteiger partial charge is 0.468 e. The van der Waals surface area contributed by atoms with Crippen molar-refractivity contribution in [3.63, 3.8) is 0 Å². The predicted octanol–water partition coefficient (Wildman–Crippen LogP) is 7.04. The number of ether oxygens (including phenoxy) is 2. The molecule has 2 atom stereocenters. The van der Waals surface area contributed by atoms with Gasteiger partial charge < -0.3 is 28.4 Å². The van der Waals surface area contributed by atoms with E-state index in [9.17, 15) is 14.7 Å². The number of aromatic nitrogens is 1. The first-order valence-corrected chi connectivity index (χ1v) is 21.5. The van der Waals surface area contributed by atoms with E-state index >= 15 is 0 Å². The van der Waals surface area contributed by atoms with Gasteiger partial charge >= 0.3 is 11.9 Å². The van der Waals surface area contributed by atoms with Crippen LogP contribution in [0.2, 0.25) is 36.3 Å². The molecular weight excluding hydrogens is 591 g/mol. The lowest BCUT2D eigenvalue weighted by Crippen LogP contribution is -2.54. The average molecular weight is 646 g/mol. The van der Waals surface area contributed by atoms with E-state index in [0.29, 0.717) is 37.1 Å². The van der Waals surface area contributed by atoms with E-state index in [2.05, 4.69) is 59.6 Å². The fourth-order valence-corrected chi connectivity index (χ4v) is 9.99. The number of rotatable bonds is 14. The molecule has 1 heterocycles. The zero-order valence-corrected chi connectivity index (χ0v) is 30.6. The number of hydrogen-bond donors (Lipinski definition) is 2. The first-order chi connectivity index (χ1) is 20.7. The van der Waals surface area contributed by atoms with Gasteiger partial charge in [-0.3, -0.25) is 9.59 Å². The molecule has 1 aliphatic carbocycles. The maximum absolute atomic E-state index is 14.2. The summed E-state index contributed by atoms with van der Waals surface area (Å²) in [5.41, 5.74) is 1.00. The van der Waals surface area contributed by atoms with Gasteiger partial charge in [-0.25, -0.2) is 0 Å². The van der Waals surface area contributed by atoms with Gasteiger partial charge in [-0.05, 0) is 72.7 Å². The van der Waals surface area contributed by atoms with Gasteiger partial charge in [0.1, 0.15) is 0 Å². The Kier molecular flexibility index (Phi) is 11.9. The first kappa shape index (κ1) is 36.2. The molecule has 0 saturated heterocycles. The zero-order chi connectivity index (χ0) is 32.9. The van der Waals surface area contributed by atoms with Crippen LogP contribution < -0.4 is 0 Å². The fraction of sp³-hybridized carbons (Fsp3) is 0.647. The molecule has 246 valence electrons. The Hall–Kier alpha value is -2.25. The molecule has 3 rings (SSSR count). The monoisotopic (exact) mass is 645 g/mol. The van der Waals surface area contributed by atoms with Gasteiger partial charge in [-0.1, -0.05) is 65.8 Å². The molecule has 1 aromatic carbocycles. The number of nitrogens with one attached hydrogen (secondary N) is 1. The second-order valence-electron chi connectivity index (χ2n) is 13.6. The molecular formula is C34H55NO7Si2. The number of fused-ring (bicyclic) bond motifs is 1. The van der Waals surface area contributed by atoms with E-state index in [4.69, 9.17) is 18.3 Å². The Morgan fingerprint density at radius 2 is 1.55 bits per heavy atom. The van der Waals surface area contributed by atoms with Crippen molar-refractivity contribution < 1.29 is 33.0 Å². The van der Waals surface area contributed by atoms with Crippen molar-refractivity contribution in [2.24, 2.45) is 5.92 Å². The third kappa shape index (κ3) is 6.94. The first-order valence-electron chi connectivity index (χ1n) is 16.1. The molecule has 0 saturated carbocycles. The van der Waals surface area contributed by atoms with Crippen molar-refractivity contribution in [3.8, 4) is 0 Å². The number of aliphatic hydroxyl groups is 1. The normalized spacial score (nSPS) is 18.3. The number of carbonyl (C=O) groups is 2. The van der Waals surface area contributed by atoms with Gasteiger partial charge in [0.05, 0.1) is 26.9 Å². The number of benzene rings is 1. The van der Waals surface area contributed by atoms with Crippen molar-refractivity contribution in [3.05, 3.63) is 47.2 Å². The lowest BCUT2D eigenvalue weighted by atomic mass is 9.64. The summed E-state index contributed by atoms with van der Waals surface area (Å²) in [5.74, 6) is -2.05. The minimum Gasteiger partial charge on any atom is -0.468 e. The Bertz CT molecular complexity index is 1300. The predicted molar refractivity (Wildman–Crippen MR) is 181 cm³/mol. The molecule has 0 unspecified atom stereocenters. The fourth-order valence-electron chi connectivity index (χ4n) is 6.38. The van der Waals surface area contributed by atoms with E-state index in [1.165, 1.54) is 14.2 Å². The summed E-state index contributed by atoms with van der Waals surface area (Å²) in [5, 5.41) is 11.7. The van der Waals surface area contributed by atoms with Crippen molar-refractivity contribution in [2.45, 2.75) is 109 Å². The summed E-state index contributed by atoms with van der Waals surface area (Å²) in [6.07, 6.45) is 2.33. The molecule has 0 radical (unpaired) electrons. The van der Waals surface area contributed by atoms with Crippen LogP contribution in [0.4, 0.5) is 0 Å². The van der Waals surface area contributed by atoms with Crippen molar-refractivity contribution in [1.29, 1.82) is 0 Å². The second kappa shape index (κ2) is 14.5. The molecule has 8 nitrogen and oxygen atoms in total. The van der Waals surface area contributed by atoms with Gasteiger partial charge in [0.2, 0.25) is 5.41 Å². The standard InChI is InChI=1S/C34H55NO7Si2/c1-11-44(12-2,13-3)41-21-20-27-26-16-14-15-17-29(26)35-30(27)34(31(37)39-7,32(38)40-8)28-19-18-25(36)22-24(28)23-42-43(9,10)33(4,5)6/h14-17,22,25,28,35-36H,11-13,18-21,23H2,1-10H3/t25-,28+/m1/s1. The van der Waals surface area contributed by atoms with Gasteiger partial charge in [-0.2, -0.15) is 0 Å². The van der Waals surface area contributed by atoms with Crippen LogP contribution >= 0.6 is 0 Å². The van der Waals surface area contributed by atoms with Crippen LogP contribution in [-0.4, -0.2) is 72.2 Å². The van der Waals surface area contributed by atoms with E-state index in [1.807, 2.05) is 24.3 Å². The topological polar surface area (TPSA) is 107 Å². The minimum absolute atomic E-state index is 0.0452. The van der Waals surface area contributed by atoms with Crippen LogP contribution in [0.5, 0.6) is 0 Å². The smallest absolute Gasteiger partial charge is 0.330 e. The number of carbonyl (C=O) groups excluding carboxylic acids is 2. The third-order valence-electron chi connectivity index (χ3n) is 10.4. The zero-order valence-electron chi connectivity index (χ0n) is 28.6. The average Bonchev–Trinajstić information content (AvgIpc) is 3.37. The quantitative estimate of drug-likeness (QED) is 0.0983. The van der Waals surface area contributed by atoms with E-state index in [-0.39, 0.29) is 11.6 Å². The summed E-state index contributed by atoms with van der Waals surface area (Å²) < 4.78 is 24.2. The Balaban J connectivity index is 2.25. The van der Waals surface area contributed by atoms with Gasteiger partial charge in [-0.15, -0.1) is 0 Å². The Labute approximate surface area is 266 Å². The highest BCUT2D eigenvalue weighted by atomic mass is 28.4. The maximum Gasteiger partial charge on any atom is 0.330 e. The molecule has 2 aromatic rings. The number of aromatic amines is 1. The molecule has 0 spiro atoms. The summed E-state index contributed by atoms with van der Waals surface area (Å²) in [4.78, 5) is 31.9. The van der Waals surface area contributed by atoms with E-state index in [1.54, 1.807) is 6.08 Å². The highest BCUT2D eigenvalue weighted by Gasteiger charge is 2.59. The van der Waals surface area contributed by atoms with Crippen LogP contribution in [0.15, 0.2) is 35.9 Å².